The molecule has 0 fully saturated rings. The summed E-state index contributed by atoms with van der Waals surface area (Å²) < 4.78 is 14.2. The Labute approximate surface area is 125 Å². The summed E-state index contributed by atoms with van der Waals surface area (Å²) in [5, 5.41) is 10.6. The molecule has 0 aliphatic rings. The van der Waals surface area contributed by atoms with E-state index in [1.54, 1.807) is 25.1 Å². The molecule has 21 heavy (non-hydrogen) atoms. The summed E-state index contributed by atoms with van der Waals surface area (Å²) in [4.78, 5) is 0. The van der Waals surface area contributed by atoms with Gasteiger partial charge in [0.1, 0.15) is 5.82 Å². The molecule has 0 saturated heterocycles. The number of aryl methyl sites for hydroxylation is 3. The highest BCUT2D eigenvalue weighted by atomic mass is 19.1. The first-order chi connectivity index (χ1) is 9.95. The first-order valence-electron chi connectivity index (χ1n) is 7.16. The van der Waals surface area contributed by atoms with Crippen molar-refractivity contribution in [3.63, 3.8) is 0 Å². The highest BCUT2D eigenvalue weighted by molar-refractivity contribution is 5.35. The average Bonchev–Trinajstić information content (AvgIpc) is 2.46. The lowest BCUT2D eigenvalue weighted by molar-refractivity contribution is 0.143. The Bertz CT molecular complexity index is 639. The van der Waals surface area contributed by atoms with E-state index in [1.165, 1.54) is 5.56 Å². The molecule has 112 valence electrons. The minimum absolute atomic E-state index is 0.261. The Morgan fingerprint density at radius 2 is 1.76 bits per heavy atom. The van der Waals surface area contributed by atoms with Crippen molar-refractivity contribution in [3.05, 3.63) is 70.0 Å². The van der Waals surface area contributed by atoms with E-state index in [-0.39, 0.29) is 18.3 Å². The quantitative estimate of drug-likeness (QED) is 0.903. The van der Waals surface area contributed by atoms with Crippen LogP contribution in [0.1, 0.15) is 39.8 Å². The minimum Gasteiger partial charge on any atom is -0.388 e. The topological polar surface area (TPSA) is 46.2 Å². The molecule has 2 rings (SSSR count). The number of halogens is 1. The first kappa shape index (κ1) is 15.7. The average molecular weight is 287 g/mol. The van der Waals surface area contributed by atoms with E-state index in [1.807, 2.05) is 32.0 Å². The molecule has 0 spiro atoms. The van der Waals surface area contributed by atoms with E-state index in [2.05, 4.69) is 0 Å². The molecule has 0 radical (unpaired) electrons. The van der Waals surface area contributed by atoms with Gasteiger partial charge in [-0.1, -0.05) is 36.4 Å². The van der Waals surface area contributed by atoms with Crippen LogP contribution >= 0.6 is 0 Å². The maximum Gasteiger partial charge on any atom is 0.131 e. The molecular weight excluding hydrogens is 265 g/mol. The van der Waals surface area contributed by atoms with Crippen LogP contribution in [0.2, 0.25) is 0 Å². The van der Waals surface area contributed by atoms with Crippen molar-refractivity contribution in [1.82, 2.24) is 0 Å². The summed E-state index contributed by atoms with van der Waals surface area (Å²) in [5.41, 5.74) is 9.94. The Balaban J connectivity index is 2.40. The second kappa shape index (κ2) is 6.37. The third-order valence-electron chi connectivity index (χ3n) is 4.13. The molecule has 0 bridgehead atoms. The number of hydrogen-bond donors (Lipinski definition) is 2. The Hall–Kier alpha value is -1.71. The first-order valence-corrected chi connectivity index (χ1v) is 7.16. The van der Waals surface area contributed by atoms with Crippen LogP contribution in [-0.4, -0.2) is 11.7 Å². The zero-order valence-corrected chi connectivity index (χ0v) is 12.7. The van der Waals surface area contributed by atoms with Crippen LogP contribution in [0.5, 0.6) is 0 Å². The van der Waals surface area contributed by atoms with Crippen molar-refractivity contribution in [1.29, 1.82) is 0 Å². The second-order valence-electron chi connectivity index (χ2n) is 5.61. The predicted octanol–water partition coefficient (Wildman–Crippen LogP) is 3.53. The lowest BCUT2D eigenvalue weighted by atomic mass is 9.87. The third kappa shape index (κ3) is 3.14. The number of rotatable bonds is 4. The number of nitrogens with two attached hydrogens (primary N) is 1. The summed E-state index contributed by atoms with van der Waals surface area (Å²) in [6, 6.07) is 11.0. The van der Waals surface area contributed by atoms with Crippen LogP contribution in [0.25, 0.3) is 0 Å². The largest absolute Gasteiger partial charge is 0.388 e. The summed E-state index contributed by atoms with van der Waals surface area (Å²) in [6.07, 6.45) is -0.947. The number of benzene rings is 2. The Morgan fingerprint density at radius 3 is 2.38 bits per heavy atom. The van der Waals surface area contributed by atoms with Gasteiger partial charge in [0, 0.05) is 18.0 Å². The van der Waals surface area contributed by atoms with Crippen molar-refractivity contribution in [2.75, 3.05) is 6.54 Å². The van der Waals surface area contributed by atoms with E-state index < -0.39 is 6.10 Å². The SMILES string of the molecule is Cc1ccc(C(CN)C(O)c2cccc(C)c2F)cc1C. The van der Waals surface area contributed by atoms with Gasteiger partial charge < -0.3 is 10.8 Å². The molecule has 0 aromatic heterocycles. The van der Waals surface area contributed by atoms with Crippen LogP contribution in [0, 0.1) is 26.6 Å². The fraction of sp³-hybridized carbons (Fsp3) is 0.333. The molecule has 0 heterocycles. The van der Waals surface area contributed by atoms with Gasteiger partial charge in [-0.25, -0.2) is 4.39 Å². The van der Waals surface area contributed by atoms with Crippen LogP contribution in [0.4, 0.5) is 4.39 Å². The molecule has 0 aliphatic carbocycles. The molecule has 2 unspecified atom stereocenters. The molecule has 2 aromatic carbocycles. The molecular formula is C18H22FNO. The smallest absolute Gasteiger partial charge is 0.131 e. The van der Waals surface area contributed by atoms with Gasteiger partial charge in [0.25, 0.3) is 0 Å². The maximum absolute atomic E-state index is 14.2. The summed E-state index contributed by atoms with van der Waals surface area (Å²) >= 11 is 0. The van der Waals surface area contributed by atoms with Gasteiger partial charge in [-0.05, 0) is 43.0 Å². The maximum atomic E-state index is 14.2. The van der Waals surface area contributed by atoms with E-state index >= 15 is 0 Å². The van der Waals surface area contributed by atoms with Gasteiger partial charge in [0.15, 0.2) is 0 Å². The highest BCUT2D eigenvalue weighted by Gasteiger charge is 2.24. The van der Waals surface area contributed by atoms with Crippen molar-refractivity contribution in [2.45, 2.75) is 32.8 Å². The van der Waals surface area contributed by atoms with E-state index in [9.17, 15) is 9.50 Å². The molecule has 2 aromatic rings. The van der Waals surface area contributed by atoms with E-state index in [4.69, 9.17) is 5.73 Å². The van der Waals surface area contributed by atoms with Gasteiger partial charge in [0.05, 0.1) is 6.10 Å². The monoisotopic (exact) mass is 287 g/mol. The summed E-state index contributed by atoms with van der Waals surface area (Å²) in [5.74, 6) is -0.673. The molecule has 3 N–H and O–H groups in total. The Kier molecular flexibility index (Phi) is 4.76. The van der Waals surface area contributed by atoms with Gasteiger partial charge in [-0.3, -0.25) is 0 Å². The Morgan fingerprint density at radius 1 is 1.05 bits per heavy atom. The van der Waals surface area contributed by atoms with E-state index in [0.29, 0.717) is 11.1 Å². The van der Waals surface area contributed by atoms with Crippen LogP contribution in [-0.2, 0) is 0 Å². The van der Waals surface area contributed by atoms with Crippen molar-refractivity contribution >= 4 is 0 Å². The third-order valence-corrected chi connectivity index (χ3v) is 4.13. The fourth-order valence-corrected chi connectivity index (χ4v) is 2.56. The summed E-state index contributed by atoms with van der Waals surface area (Å²) in [6.45, 7) is 6.01. The molecule has 0 saturated carbocycles. The lowest BCUT2D eigenvalue weighted by Crippen LogP contribution is -2.21. The van der Waals surface area contributed by atoms with Crippen LogP contribution in [0.3, 0.4) is 0 Å². The van der Waals surface area contributed by atoms with E-state index in [0.717, 1.165) is 11.1 Å². The number of aliphatic hydroxyl groups excluding tert-OH is 1. The second-order valence-corrected chi connectivity index (χ2v) is 5.61. The number of aliphatic hydroxyl groups is 1. The molecule has 2 nitrogen and oxygen atoms in total. The van der Waals surface area contributed by atoms with Gasteiger partial charge >= 0.3 is 0 Å². The standard InChI is InChI=1S/C18H22FNO/c1-11-7-8-14(9-13(11)3)16(10-20)18(21)15-6-4-5-12(2)17(15)19/h4-9,16,18,21H,10,20H2,1-3H3. The summed E-state index contributed by atoms with van der Waals surface area (Å²) in [7, 11) is 0. The van der Waals surface area contributed by atoms with Crippen LogP contribution in [0.15, 0.2) is 36.4 Å². The predicted molar refractivity (Wildman–Crippen MR) is 83.8 cm³/mol. The highest BCUT2D eigenvalue weighted by Crippen LogP contribution is 2.33. The minimum atomic E-state index is -0.947. The molecule has 0 aliphatic heterocycles. The fourth-order valence-electron chi connectivity index (χ4n) is 2.56. The normalized spacial score (nSPS) is 14.0. The van der Waals surface area contributed by atoms with Crippen molar-refractivity contribution < 1.29 is 9.50 Å². The van der Waals surface area contributed by atoms with Gasteiger partial charge in [0.2, 0.25) is 0 Å². The molecule has 3 heteroatoms. The zero-order chi connectivity index (χ0) is 15.6. The van der Waals surface area contributed by atoms with Crippen molar-refractivity contribution in [3.8, 4) is 0 Å². The number of hydrogen-bond acceptors (Lipinski definition) is 2. The van der Waals surface area contributed by atoms with Gasteiger partial charge in [-0.2, -0.15) is 0 Å². The molecule has 2 atom stereocenters. The molecule has 0 amide bonds. The zero-order valence-electron chi connectivity index (χ0n) is 12.7. The van der Waals surface area contributed by atoms with Crippen molar-refractivity contribution in [2.24, 2.45) is 5.73 Å². The van der Waals surface area contributed by atoms with Crippen LogP contribution < -0.4 is 5.73 Å². The lowest BCUT2D eigenvalue weighted by Gasteiger charge is -2.24. The van der Waals surface area contributed by atoms with Gasteiger partial charge in [-0.15, -0.1) is 0 Å².